The normalized spacial score (nSPS) is 17.5. The maximum Gasteiger partial charge on any atom is 0.242 e. The molecule has 0 saturated heterocycles. The minimum absolute atomic E-state index is 0.0277. The number of anilines is 1. The Morgan fingerprint density at radius 1 is 1.27 bits per heavy atom. The van der Waals surface area contributed by atoms with E-state index in [1.807, 2.05) is 18.2 Å². The van der Waals surface area contributed by atoms with Gasteiger partial charge < -0.3 is 25.8 Å². The van der Waals surface area contributed by atoms with E-state index in [9.17, 15) is 4.79 Å². The summed E-state index contributed by atoms with van der Waals surface area (Å²) in [5.41, 5.74) is 6.54. The monoisotopic (exact) mass is 304 g/mol. The Morgan fingerprint density at radius 3 is 2.82 bits per heavy atom. The molecular weight excluding hydrogens is 284 g/mol. The lowest BCUT2D eigenvalue weighted by molar-refractivity contribution is -0.119. The first kappa shape index (κ1) is 14.5. The van der Waals surface area contributed by atoms with Gasteiger partial charge in [0.2, 0.25) is 5.91 Å². The van der Waals surface area contributed by atoms with Crippen molar-refractivity contribution < 1.29 is 14.3 Å². The Hall–Kier alpha value is -2.44. The van der Waals surface area contributed by atoms with Crippen molar-refractivity contribution in [2.75, 3.05) is 25.1 Å². The summed E-state index contributed by atoms with van der Waals surface area (Å²) >= 11 is 0. The number of carbonyl (C=O) groups excluding carboxylic acids is 1. The molecule has 1 aliphatic heterocycles. The lowest BCUT2D eigenvalue weighted by Gasteiger charge is -2.10. The van der Waals surface area contributed by atoms with Crippen LogP contribution in [0.4, 0.5) is 5.69 Å². The van der Waals surface area contributed by atoms with Gasteiger partial charge in [0.1, 0.15) is 6.54 Å². The Bertz CT molecular complexity index is 584. The molecule has 0 radical (unpaired) electrons. The molecule has 0 atom stereocenters. The molecule has 1 heterocycles. The second-order valence-electron chi connectivity index (χ2n) is 5.38. The molecule has 1 aromatic carbocycles. The fourth-order valence-electron chi connectivity index (χ4n) is 2.09. The van der Waals surface area contributed by atoms with Gasteiger partial charge in [0.05, 0.1) is 13.2 Å². The molecule has 1 aliphatic carbocycles. The zero-order valence-corrected chi connectivity index (χ0v) is 12.3. The van der Waals surface area contributed by atoms with Crippen molar-refractivity contribution in [1.82, 2.24) is 5.32 Å². The van der Waals surface area contributed by atoms with Gasteiger partial charge in [0.25, 0.3) is 0 Å². The summed E-state index contributed by atoms with van der Waals surface area (Å²) in [5, 5.41) is 5.80. The molecule has 0 aromatic heterocycles. The van der Waals surface area contributed by atoms with Gasteiger partial charge >= 0.3 is 0 Å². The summed E-state index contributed by atoms with van der Waals surface area (Å²) in [6, 6.07) is 5.81. The van der Waals surface area contributed by atoms with Crippen molar-refractivity contribution in [2.45, 2.75) is 25.3 Å². The van der Waals surface area contributed by atoms with E-state index in [1.54, 1.807) is 0 Å². The molecule has 1 fully saturated rings. The predicted octanol–water partition coefficient (Wildman–Crippen LogP) is 0.853. The highest BCUT2D eigenvalue weighted by Crippen LogP contribution is 2.32. The highest BCUT2D eigenvalue weighted by molar-refractivity contribution is 5.94. The van der Waals surface area contributed by atoms with Crippen LogP contribution in [0.25, 0.3) is 0 Å². The number of fused-ring (bicyclic) bond motifs is 1. The number of guanidine groups is 1. The SMILES string of the molecule is NC(=NCC(=O)NC1CC1)Nc1ccc2c(c1)OCCCO2. The van der Waals surface area contributed by atoms with E-state index in [0.717, 1.165) is 30.7 Å². The third-order valence-electron chi connectivity index (χ3n) is 3.36. The summed E-state index contributed by atoms with van der Waals surface area (Å²) in [7, 11) is 0. The van der Waals surface area contributed by atoms with Crippen molar-refractivity contribution in [2.24, 2.45) is 10.7 Å². The van der Waals surface area contributed by atoms with Gasteiger partial charge in [-0.1, -0.05) is 0 Å². The molecule has 1 saturated carbocycles. The van der Waals surface area contributed by atoms with Gasteiger partial charge in [-0.2, -0.15) is 0 Å². The fraction of sp³-hybridized carbons (Fsp3) is 0.467. The highest BCUT2D eigenvalue weighted by atomic mass is 16.5. The number of amides is 1. The van der Waals surface area contributed by atoms with E-state index >= 15 is 0 Å². The van der Waals surface area contributed by atoms with Gasteiger partial charge in [-0.15, -0.1) is 0 Å². The Morgan fingerprint density at radius 2 is 2.05 bits per heavy atom. The van der Waals surface area contributed by atoms with Crippen molar-refractivity contribution in [1.29, 1.82) is 0 Å². The maximum absolute atomic E-state index is 11.5. The molecule has 118 valence electrons. The Labute approximate surface area is 128 Å². The third-order valence-corrected chi connectivity index (χ3v) is 3.36. The van der Waals surface area contributed by atoms with Crippen LogP contribution in [-0.4, -0.2) is 37.7 Å². The smallest absolute Gasteiger partial charge is 0.242 e. The first-order valence-electron chi connectivity index (χ1n) is 7.46. The summed E-state index contributed by atoms with van der Waals surface area (Å²) in [5.74, 6) is 1.50. The minimum atomic E-state index is -0.106. The number of nitrogens with one attached hydrogen (secondary N) is 2. The molecule has 2 aliphatic rings. The number of ether oxygens (including phenoxy) is 2. The molecular formula is C15H20N4O3. The fourth-order valence-corrected chi connectivity index (χ4v) is 2.09. The van der Waals surface area contributed by atoms with Crippen molar-refractivity contribution >= 4 is 17.6 Å². The minimum Gasteiger partial charge on any atom is -0.490 e. The molecule has 7 heteroatoms. The molecule has 0 spiro atoms. The molecule has 1 aromatic rings. The van der Waals surface area contributed by atoms with Crippen molar-refractivity contribution in [3.8, 4) is 11.5 Å². The van der Waals surface area contributed by atoms with Crippen LogP contribution in [0, 0.1) is 0 Å². The summed E-state index contributed by atoms with van der Waals surface area (Å²) in [6.07, 6.45) is 2.97. The highest BCUT2D eigenvalue weighted by Gasteiger charge is 2.22. The first-order valence-corrected chi connectivity index (χ1v) is 7.46. The van der Waals surface area contributed by atoms with E-state index in [2.05, 4.69) is 15.6 Å². The Kier molecular flexibility index (Phi) is 4.32. The largest absolute Gasteiger partial charge is 0.490 e. The van der Waals surface area contributed by atoms with E-state index in [0.29, 0.717) is 25.0 Å². The zero-order chi connectivity index (χ0) is 15.4. The van der Waals surface area contributed by atoms with Crippen LogP contribution in [-0.2, 0) is 4.79 Å². The van der Waals surface area contributed by atoms with Gasteiger partial charge in [0, 0.05) is 24.2 Å². The van der Waals surface area contributed by atoms with Crippen LogP contribution < -0.4 is 25.8 Å². The van der Waals surface area contributed by atoms with E-state index in [1.165, 1.54) is 0 Å². The molecule has 0 bridgehead atoms. The molecule has 1 amide bonds. The first-order chi connectivity index (χ1) is 10.7. The lowest BCUT2D eigenvalue weighted by Crippen LogP contribution is -2.30. The molecule has 4 N–H and O–H groups in total. The quantitative estimate of drug-likeness (QED) is 0.566. The number of aliphatic imine (C=N–C) groups is 1. The number of nitrogens with two attached hydrogens (primary N) is 1. The number of carbonyl (C=O) groups is 1. The van der Waals surface area contributed by atoms with Crippen LogP contribution in [0.15, 0.2) is 23.2 Å². The zero-order valence-electron chi connectivity index (χ0n) is 12.3. The van der Waals surface area contributed by atoms with Gasteiger partial charge in [0.15, 0.2) is 17.5 Å². The van der Waals surface area contributed by atoms with Gasteiger partial charge in [-0.25, -0.2) is 4.99 Å². The topological polar surface area (TPSA) is 98.0 Å². The molecule has 22 heavy (non-hydrogen) atoms. The number of hydrogen-bond acceptors (Lipinski definition) is 4. The van der Waals surface area contributed by atoms with Gasteiger partial charge in [-0.05, 0) is 25.0 Å². The lowest BCUT2D eigenvalue weighted by atomic mass is 10.3. The van der Waals surface area contributed by atoms with Crippen LogP contribution >= 0.6 is 0 Å². The molecule has 3 rings (SSSR count). The third kappa shape index (κ3) is 4.03. The summed E-state index contributed by atoms with van der Waals surface area (Å²) in [6.45, 7) is 1.31. The number of benzene rings is 1. The number of rotatable bonds is 4. The standard InChI is InChI=1S/C15H20N4O3/c16-15(17-9-14(20)18-10-2-3-10)19-11-4-5-12-13(8-11)22-7-1-6-21-12/h4-5,8,10H,1-3,6-7,9H2,(H,18,20)(H3,16,17,19). The van der Waals surface area contributed by atoms with Crippen LogP contribution in [0.3, 0.4) is 0 Å². The summed E-state index contributed by atoms with van der Waals surface area (Å²) < 4.78 is 11.2. The second kappa shape index (κ2) is 6.55. The maximum atomic E-state index is 11.5. The molecule has 7 nitrogen and oxygen atoms in total. The number of hydrogen-bond donors (Lipinski definition) is 3. The van der Waals surface area contributed by atoms with E-state index in [4.69, 9.17) is 15.2 Å². The predicted molar refractivity (Wildman–Crippen MR) is 83.3 cm³/mol. The van der Waals surface area contributed by atoms with E-state index in [-0.39, 0.29) is 18.4 Å². The molecule has 0 unspecified atom stereocenters. The second-order valence-corrected chi connectivity index (χ2v) is 5.38. The van der Waals surface area contributed by atoms with Crippen LogP contribution in [0.1, 0.15) is 19.3 Å². The van der Waals surface area contributed by atoms with Crippen molar-refractivity contribution in [3.63, 3.8) is 0 Å². The van der Waals surface area contributed by atoms with Crippen LogP contribution in [0.2, 0.25) is 0 Å². The van der Waals surface area contributed by atoms with Gasteiger partial charge in [-0.3, -0.25) is 4.79 Å². The Balaban J connectivity index is 1.57. The van der Waals surface area contributed by atoms with E-state index < -0.39 is 0 Å². The average Bonchev–Trinajstić information content (AvgIpc) is 3.31. The average molecular weight is 304 g/mol. The van der Waals surface area contributed by atoms with Crippen molar-refractivity contribution in [3.05, 3.63) is 18.2 Å². The number of nitrogens with zero attached hydrogens (tertiary/aromatic N) is 1. The van der Waals surface area contributed by atoms with Crippen LogP contribution in [0.5, 0.6) is 11.5 Å². The summed E-state index contributed by atoms with van der Waals surface area (Å²) in [4.78, 5) is 15.6.